The SMILES string of the molecule is CC/C=C\C=C(/C)C(O)(c1ccccc1)C1CCN(CCCC(O)c2ccc(C(C)(C)C(=O)O)cc2)CC1. The number of carboxylic acid groups (broad SMARTS) is 1. The van der Waals surface area contributed by atoms with E-state index in [2.05, 4.69) is 24.0 Å². The normalized spacial score (nSPS) is 18.4. The van der Waals surface area contributed by atoms with E-state index in [0.29, 0.717) is 6.42 Å². The van der Waals surface area contributed by atoms with Crippen molar-refractivity contribution in [2.45, 2.75) is 76.9 Å². The molecular weight excluding hydrogens is 474 g/mol. The van der Waals surface area contributed by atoms with Crippen molar-refractivity contribution in [3.63, 3.8) is 0 Å². The molecule has 1 aliphatic heterocycles. The minimum absolute atomic E-state index is 0.145. The van der Waals surface area contributed by atoms with Crippen molar-refractivity contribution < 1.29 is 20.1 Å². The fourth-order valence-corrected chi connectivity index (χ4v) is 5.45. The number of aliphatic hydroxyl groups excluding tert-OH is 1. The van der Waals surface area contributed by atoms with Gasteiger partial charge in [0.1, 0.15) is 5.60 Å². The molecule has 206 valence electrons. The molecule has 0 spiro atoms. The topological polar surface area (TPSA) is 81.0 Å². The van der Waals surface area contributed by atoms with Gasteiger partial charge in [0.25, 0.3) is 0 Å². The van der Waals surface area contributed by atoms with Crippen molar-refractivity contribution in [3.05, 3.63) is 95.1 Å². The molecule has 2 aromatic rings. The summed E-state index contributed by atoms with van der Waals surface area (Å²) in [6, 6.07) is 17.3. The van der Waals surface area contributed by atoms with Gasteiger partial charge in [-0.15, -0.1) is 0 Å². The number of aliphatic carboxylic acids is 1. The first kappa shape index (κ1) is 29.8. The first-order valence-corrected chi connectivity index (χ1v) is 14.0. The van der Waals surface area contributed by atoms with Crippen LogP contribution in [0.5, 0.6) is 0 Å². The largest absolute Gasteiger partial charge is 0.481 e. The molecule has 5 nitrogen and oxygen atoms in total. The molecule has 1 fully saturated rings. The lowest BCUT2D eigenvalue weighted by Crippen LogP contribution is -2.44. The molecule has 0 aliphatic carbocycles. The quantitative estimate of drug-likeness (QED) is 0.284. The summed E-state index contributed by atoms with van der Waals surface area (Å²) in [5, 5.41) is 32.2. The van der Waals surface area contributed by atoms with Crippen LogP contribution in [0.4, 0.5) is 0 Å². The minimum atomic E-state index is -0.983. The van der Waals surface area contributed by atoms with E-state index >= 15 is 0 Å². The molecule has 1 aliphatic rings. The number of likely N-dealkylation sites (tertiary alicyclic amines) is 1. The predicted molar refractivity (Wildman–Crippen MR) is 154 cm³/mol. The number of carbonyl (C=O) groups is 1. The summed E-state index contributed by atoms with van der Waals surface area (Å²) in [6.07, 6.45) is 9.96. The average molecular weight is 520 g/mol. The highest BCUT2D eigenvalue weighted by Crippen LogP contribution is 2.42. The van der Waals surface area contributed by atoms with Gasteiger partial charge in [-0.25, -0.2) is 0 Å². The van der Waals surface area contributed by atoms with Gasteiger partial charge < -0.3 is 20.2 Å². The molecule has 1 saturated heterocycles. The monoisotopic (exact) mass is 519 g/mol. The van der Waals surface area contributed by atoms with Crippen molar-refractivity contribution in [3.8, 4) is 0 Å². The standard InChI is InChI=1S/C33H45NO4/c1-5-6-8-12-25(2)33(38,28-13-9-7-10-14-28)29-20-23-34(24-21-29)22-11-15-30(35)26-16-18-27(19-17-26)32(3,4)31(36)37/h6-10,12-14,16-19,29-30,35,38H,5,11,15,20-24H2,1-4H3,(H,36,37)/b8-6-,25-12+. The zero-order valence-electron chi connectivity index (χ0n) is 23.4. The van der Waals surface area contributed by atoms with E-state index in [9.17, 15) is 20.1 Å². The van der Waals surface area contributed by atoms with Gasteiger partial charge in [-0.3, -0.25) is 4.79 Å². The highest BCUT2D eigenvalue weighted by Gasteiger charge is 2.41. The third-order valence-electron chi connectivity index (χ3n) is 8.22. The van der Waals surface area contributed by atoms with E-state index in [1.165, 1.54) is 0 Å². The second-order valence-electron chi connectivity index (χ2n) is 11.1. The molecule has 1 heterocycles. The summed E-state index contributed by atoms with van der Waals surface area (Å²) in [5.74, 6) is -0.720. The fourth-order valence-electron chi connectivity index (χ4n) is 5.45. The van der Waals surface area contributed by atoms with Gasteiger partial charge in [0, 0.05) is 0 Å². The maximum atomic E-state index is 12.1. The zero-order valence-corrected chi connectivity index (χ0v) is 23.4. The van der Waals surface area contributed by atoms with E-state index in [0.717, 1.165) is 67.6 Å². The Balaban J connectivity index is 1.55. The zero-order chi connectivity index (χ0) is 27.8. The van der Waals surface area contributed by atoms with Crippen LogP contribution in [0, 0.1) is 5.92 Å². The number of piperidine rings is 1. The van der Waals surface area contributed by atoms with E-state index < -0.39 is 23.1 Å². The molecule has 0 amide bonds. The molecule has 38 heavy (non-hydrogen) atoms. The van der Waals surface area contributed by atoms with Crippen molar-refractivity contribution in [2.24, 2.45) is 5.92 Å². The van der Waals surface area contributed by atoms with E-state index in [1.807, 2.05) is 55.5 Å². The van der Waals surface area contributed by atoms with Crippen molar-refractivity contribution in [1.82, 2.24) is 4.90 Å². The average Bonchev–Trinajstić information content (AvgIpc) is 2.93. The van der Waals surface area contributed by atoms with Crippen LogP contribution in [0.2, 0.25) is 0 Å². The first-order chi connectivity index (χ1) is 18.1. The molecular formula is C33H45NO4. The third-order valence-corrected chi connectivity index (χ3v) is 8.22. The molecule has 2 unspecified atom stereocenters. The van der Waals surface area contributed by atoms with E-state index in [4.69, 9.17) is 0 Å². The Morgan fingerprint density at radius 3 is 2.26 bits per heavy atom. The third kappa shape index (κ3) is 7.02. The second kappa shape index (κ2) is 13.4. The van der Waals surface area contributed by atoms with Gasteiger partial charge in [0.2, 0.25) is 0 Å². The summed E-state index contributed by atoms with van der Waals surface area (Å²) >= 11 is 0. The summed E-state index contributed by atoms with van der Waals surface area (Å²) in [7, 11) is 0. The van der Waals surface area contributed by atoms with Gasteiger partial charge in [0.05, 0.1) is 11.5 Å². The summed E-state index contributed by atoms with van der Waals surface area (Å²) in [5.41, 5.74) is 1.55. The fraction of sp³-hybridized carbons (Fsp3) is 0.485. The van der Waals surface area contributed by atoms with Crippen LogP contribution < -0.4 is 0 Å². The summed E-state index contributed by atoms with van der Waals surface area (Å²) < 4.78 is 0. The van der Waals surface area contributed by atoms with Crippen LogP contribution in [-0.2, 0) is 15.8 Å². The molecule has 3 rings (SSSR count). The smallest absolute Gasteiger partial charge is 0.313 e. The number of hydrogen-bond acceptors (Lipinski definition) is 4. The van der Waals surface area contributed by atoms with Crippen LogP contribution in [0.1, 0.15) is 82.6 Å². The van der Waals surface area contributed by atoms with Gasteiger partial charge in [-0.05, 0) is 101 Å². The van der Waals surface area contributed by atoms with Crippen LogP contribution in [0.25, 0.3) is 0 Å². The number of carboxylic acids is 1. The molecule has 0 saturated carbocycles. The molecule has 0 bridgehead atoms. The summed E-state index contributed by atoms with van der Waals surface area (Å²) in [6.45, 7) is 10.3. The maximum absolute atomic E-state index is 12.1. The molecule has 2 atom stereocenters. The number of rotatable bonds is 12. The molecule has 5 heteroatoms. The maximum Gasteiger partial charge on any atom is 0.313 e. The Morgan fingerprint density at radius 2 is 1.68 bits per heavy atom. The lowest BCUT2D eigenvalue weighted by Gasteiger charge is -2.42. The van der Waals surface area contributed by atoms with Gasteiger partial charge >= 0.3 is 5.97 Å². The van der Waals surface area contributed by atoms with Crippen molar-refractivity contribution in [2.75, 3.05) is 19.6 Å². The summed E-state index contributed by atoms with van der Waals surface area (Å²) in [4.78, 5) is 13.9. The Labute approximate surface area is 228 Å². The van der Waals surface area contributed by atoms with Gasteiger partial charge in [-0.1, -0.05) is 79.7 Å². The van der Waals surface area contributed by atoms with Crippen LogP contribution in [0.3, 0.4) is 0 Å². The number of aliphatic hydroxyl groups is 2. The minimum Gasteiger partial charge on any atom is -0.481 e. The van der Waals surface area contributed by atoms with Crippen LogP contribution in [0.15, 0.2) is 78.4 Å². The lowest BCUT2D eigenvalue weighted by atomic mass is 9.72. The molecule has 0 aromatic heterocycles. The van der Waals surface area contributed by atoms with Gasteiger partial charge in [0.15, 0.2) is 0 Å². The van der Waals surface area contributed by atoms with Crippen LogP contribution >= 0.6 is 0 Å². The lowest BCUT2D eigenvalue weighted by molar-refractivity contribution is -0.142. The predicted octanol–water partition coefficient (Wildman–Crippen LogP) is 6.37. The second-order valence-corrected chi connectivity index (χ2v) is 11.1. The van der Waals surface area contributed by atoms with Gasteiger partial charge in [-0.2, -0.15) is 0 Å². The molecule has 2 aromatic carbocycles. The first-order valence-electron chi connectivity index (χ1n) is 14.0. The Hall–Kier alpha value is -2.73. The Morgan fingerprint density at radius 1 is 1.05 bits per heavy atom. The highest BCUT2D eigenvalue weighted by molar-refractivity contribution is 5.80. The van der Waals surface area contributed by atoms with Crippen LogP contribution in [-0.4, -0.2) is 45.8 Å². The Kier molecular flexibility index (Phi) is 10.5. The van der Waals surface area contributed by atoms with E-state index in [1.54, 1.807) is 26.0 Å². The number of allylic oxidation sites excluding steroid dienone is 3. The number of hydrogen-bond donors (Lipinski definition) is 3. The highest BCUT2D eigenvalue weighted by atomic mass is 16.4. The Bertz CT molecular complexity index is 1080. The van der Waals surface area contributed by atoms with Crippen molar-refractivity contribution >= 4 is 5.97 Å². The molecule has 3 N–H and O–H groups in total. The van der Waals surface area contributed by atoms with Crippen molar-refractivity contribution in [1.29, 1.82) is 0 Å². The number of nitrogens with zero attached hydrogens (tertiary/aromatic N) is 1. The van der Waals surface area contributed by atoms with E-state index in [-0.39, 0.29) is 5.92 Å². The number of benzene rings is 2. The molecule has 0 radical (unpaired) electrons.